The predicted molar refractivity (Wildman–Crippen MR) is 108 cm³/mol. The molecule has 0 saturated heterocycles. The van der Waals surface area contributed by atoms with Gasteiger partial charge in [0.25, 0.3) is 0 Å². The summed E-state index contributed by atoms with van der Waals surface area (Å²) in [5, 5.41) is 5.84. The molecule has 0 aliphatic heterocycles. The lowest BCUT2D eigenvalue weighted by Crippen LogP contribution is -2.43. The van der Waals surface area contributed by atoms with Gasteiger partial charge in [0.2, 0.25) is 11.8 Å². The van der Waals surface area contributed by atoms with E-state index in [2.05, 4.69) is 10.6 Å². The van der Waals surface area contributed by atoms with Crippen LogP contribution in [0.15, 0.2) is 30.3 Å². The van der Waals surface area contributed by atoms with Gasteiger partial charge in [0, 0.05) is 25.3 Å². The lowest BCUT2D eigenvalue weighted by atomic mass is 9.95. The van der Waals surface area contributed by atoms with Gasteiger partial charge in [-0.2, -0.15) is 0 Å². The molecule has 0 radical (unpaired) electrons. The van der Waals surface area contributed by atoms with Gasteiger partial charge in [-0.1, -0.05) is 56.5 Å². The number of hydrogen-bond acceptors (Lipinski definition) is 4. The van der Waals surface area contributed by atoms with E-state index in [-0.39, 0.29) is 30.2 Å². The zero-order valence-corrected chi connectivity index (χ0v) is 16.9. The molecule has 6 nitrogen and oxygen atoms in total. The Morgan fingerprint density at radius 3 is 2.32 bits per heavy atom. The van der Waals surface area contributed by atoms with Crippen LogP contribution in [0.3, 0.4) is 0 Å². The van der Waals surface area contributed by atoms with Gasteiger partial charge in [0.05, 0.1) is 7.11 Å². The number of ether oxygens (including phenoxy) is 1. The van der Waals surface area contributed by atoms with Gasteiger partial charge in [-0.3, -0.25) is 9.59 Å². The zero-order valence-electron chi connectivity index (χ0n) is 16.9. The minimum atomic E-state index is -0.733. The topological polar surface area (TPSA) is 84.5 Å². The number of benzene rings is 1. The molecule has 0 aromatic heterocycles. The number of nitrogens with one attached hydrogen (secondary N) is 2. The fourth-order valence-electron chi connectivity index (χ4n) is 3.68. The number of carbonyl (C=O) groups is 3. The van der Waals surface area contributed by atoms with Crippen LogP contribution < -0.4 is 10.6 Å². The molecule has 2 rings (SSSR count). The lowest BCUT2D eigenvalue weighted by Gasteiger charge is -2.23. The fourth-order valence-corrected chi connectivity index (χ4v) is 3.68. The van der Waals surface area contributed by atoms with Crippen LogP contribution in [-0.4, -0.2) is 37.0 Å². The average Bonchev–Trinajstić information content (AvgIpc) is 2.68. The Balaban J connectivity index is 1.80. The summed E-state index contributed by atoms with van der Waals surface area (Å²) in [6.07, 6.45) is 6.54. The van der Waals surface area contributed by atoms with Crippen LogP contribution in [0.2, 0.25) is 0 Å². The third-order valence-corrected chi connectivity index (χ3v) is 5.14. The number of methoxy groups -OCH3 is 1. The van der Waals surface area contributed by atoms with Gasteiger partial charge in [0.1, 0.15) is 6.04 Å². The third kappa shape index (κ3) is 7.71. The van der Waals surface area contributed by atoms with E-state index in [1.165, 1.54) is 26.4 Å². The number of carbonyl (C=O) groups excluding carboxylic acids is 3. The summed E-state index contributed by atoms with van der Waals surface area (Å²) in [4.78, 5) is 36.6. The molecule has 1 saturated carbocycles. The fraction of sp³-hybridized carbons (Fsp3) is 0.591. The molecule has 2 amide bonds. The SMILES string of the molecule is COC(=O)[C@H](Cc1ccccc1)NC(=O)C[C@@H](C)CC(=O)NC1CCCCC1. The molecule has 0 unspecified atom stereocenters. The molecule has 2 N–H and O–H groups in total. The van der Waals surface area contributed by atoms with E-state index in [1.54, 1.807) is 0 Å². The molecule has 154 valence electrons. The normalized spacial score (nSPS) is 16.6. The van der Waals surface area contributed by atoms with Crippen LogP contribution in [0.4, 0.5) is 0 Å². The van der Waals surface area contributed by atoms with E-state index in [9.17, 15) is 14.4 Å². The summed E-state index contributed by atoms with van der Waals surface area (Å²) in [5.74, 6) is -0.816. The second-order valence-corrected chi connectivity index (χ2v) is 7.75. The summed E-state index contributed by atoms with van der Waals surface area (Å²) in [6.45, 7) is 1.88. The van der Waals surface area contributed by atoms with Crippen molar-refractivity contribution in [3.05, 3.63) is 35.9 Å². The van der Waals surface area contributed by atoms with Crippen molar-refractivity contribution in [2.45, 2.75) is 70.4 Å². The Kier molecular flexibility index (Phi) is 8.98. The first kappa shape index (κ1) is 21.9. The average molecular weight is 389 g/mol. The third-order valence-electron chi connectivity index (χ3n) is 5.14. The second kappa shape index (κ2) is 11.5. The molecule has 1 aromatic carbocycles. The maximum Gasteiger partial charge on any atom is 0.328 e. The van der Waals surface area contributed by atoms with Gasteiger partial charge in [-0.15, -0.1) is 0 Å². The summed E-state index contributed by atoms with van der Waals surface area (Å²) in [5.41, 5.74) is 0.943. The largest absolute Gasteiger partial charge is 0.467 e. The quantitative estimate of drug-likeness (QED) is 0.637. The highest BCUT2D eigenvalue weighted by molar-refractivity contribution is 5.85. The van der Waals surface area contributed by atoms with Crippen LogP contribution in [-0.2, 0) is 25.5 Å². The summed E-state index contributed by atoms with van der Waals surface area (Å²) in [7, 11) is 1.31. The van der Waals surface area contributed by atoms with Crippen LogP contribution >= 0.6 is 0 Å². The molecular weight excluding hydrogens is 356 g/mol. The molecule has 1 aliphatic rings. The van der Waals surface area contributed by atoms with E-state index in [0.29, 0.717) is 12.8 Å². The molecule has 0 spiro atoms. The van der Waals surface area contributed by atoms with Crippen LogP contribution in [0.5, 0.6) is 0 Å². The molecule has 1 aromatic rings. The van der Waals surface area contributed by atoms with E-state index in [0.717, 1.165) is 18.4 Å². The highest BCUT2D eigenvalue weighted by Gasteiger charge is 2.24. The van der Waals surface area contributed by atoms with Crippen molar-refractivity contribution in [1.82, 2.24) is 10.6 Å². The molecule has 1 aliphatic carbocycles. The maximum atomic E-state index is 12.4. The zero-order chi connectivity index (χ0) is 20.4. The Hall–Kier alpha value is -2.37. The first-order valence-corrected chi connectivity index (χ1v) is 10.2. The highest BCUT2D eigenvalue weighted by Crippen LogP contribution is 2.18. The minimum Gasteiger partial charge on any atom is -0.467 e. The predicted octanol–water partition coefficient (Wildman–Crippen LogP) is 2.75. The molecule has 28 heavy (non-hydrogen) atoms. The maximum absolute atomic E-state index is 12.4. The van der Waals surface area contributed by atoms with Gasteiger partial charge < -0.3 is 15.4 Å². The van der Waals surface area contributed by atoms with Crippen molar-refractivity contribution < 1.29 is 19.1 Å². The summed E-state index contributed by atoms with van der Waals surface area (Å²) >= 11 is 0. The number of amides is 2. The van der Waals surface area contributed by atoms with Crippen molar-refractivity contribution in [3.8, 4) is 0 Å². The smallest absolute Gasteiger partial charge is 0.328 e. The Labute approximate surface area is 167 Å². The minimum absolute atomic E-state index is 0.000929. The van der Waals surface area contributed by atoms with E-state index in [4.69, 9.17) is 4.74 Å². The van der Waals surface area contributed by atoms with Crippen molar-refractivity contribution in [1.29, 1.82) is 0 Å². The molecule has 2 atom stereocenters. The first-order valence-electron chi connectivity index (χ1n) is 10.2. The van der Waals surface area contributed by atoms with Crippen LogP contribution in [0.25, 0.3) is 0 Å². The molecule has 0 bridgehead atoms. The molecule has 6 heteroatoms. The van der Waals surface area contributed by atoms with Crippen molar-refractivity contribution in [3.63, 3.8) is 0 Å². The Morgan fingerprint density at radius 2 is 1.68 bits per heavy atom. The van der Waals surface area contributed by atoms with Crippen molar-refractivity contribution in [2.24, 2.45) is 5.92 Å². The van der Waals surface area contributed by atoms with E-state index in [1.807, 2.05) is 37.3 Å². The van der Waals surface area contributed by atoms with Crippen molar-refractivity contribution in [2.75, 3.05) is 7.11 Å². The van der Waals surface area contributed by atoms with Gasteiger partial charge in [0.15, 0.2) is 0 Å². The molecule has 0 heterocycles. The lowest BCUT2D eigenvalue weighted by molar-refractivity contribution is -0.145. The first-order chi connectivity index (χ1) is 13.5. The van der Waals surface area contributed by atoms with E-state index >= 15 is 0 Å². The molecular formula is C22H32N2O4. The summed E-state index contributed by atoms with van der Waals surface area (Å²) < 4.78 is 4.82. The summed E-state index contributed by atoms with van der Waals surface area (Å²) in [6, 6.07) is 9.02. The Morgan fingerprint density at radius 1 is 1.04 bits per heavy atom. The standard InChI is InChI=1S/C22H32N2O4/c1-16(13-20(25)23-18-11-7-4-8-12-18)14-21(26)24-19(22(27)28-2)15-17-9-5-3-6-10-17/h3,5-6,9-10,16,18-19H,4,7-8,11-15H2,1-2H3,(H,23,25)(H,24,26)/t16-,19-/m0/s1. The Bertz CT molecular complexity index is 641. The highest BCUT2D eigenvalue weighted by atomic mass is 16.5. The van der Waals surface area contributed by atoms with Gasteiger partial charge in [-0.25, -0.2) is 4.79 Å². The van der Waals surface area contributed by atoms with Crippen molar-refractivity contribution >= 4 is 17.8 Å². The second-order valence-electron chi connectivity index (χ2n) is 7.75. The monoisotopic (exact) mass is 388 g/mol. The molecule has 1 fully saturated rings. The number of rotatable bonds is 9. The van der Waals surface area contributed by atoms with Gasteiger partial charge >= 0.3 is 5.97 Å². The van der Waals surface area contributed by atoms with Crippen LogP contribution in [0.1, 0.15) is 57.4 Å². The van der Waals surface area contributed by atoms with E-state index < -0.39 is 12.0 Å². The number of hydrogen-bond donors (Lipinski definition) is 2. The van der Waals surface area contributed by atoms with Gasteiger partial charge in [-0.05, 0) is 24.3 Å². The van der Waals surface area contributed by atoms with Crippen LogP contribution in [0, 0.1) is 5.92 Å². The number of esters is 1.